The van der Waals surface area contributed by atoms with Gasteiger partial charge in [-0.3, -0.25) is 4.79 Å². The normalized spacial score (nSPS) is 12.3. The van der Waals surface area contributed by atoms with E-state index in [-0.39, 0.29) is 6.42 Å². The first-order valence-corrected chi connectivity index (χ1v) is 7.83. The Balaban J connectivity index is 2.09. The second kappa shape index (κ2) is 6.55. The van der Waals surface area contributed by atoms with Crippen LogP contribution in [0.4, 0.5) is 0 Å². The molecule has 1 aromatic heterocycles. The summed E-state index contributed by atoms with van der Waals surface area (Å²) in [7, 11) is 1.88. The number of halogens is 1. The van der Waals surface area contributed by atoms with Crippen LogP contribution in [0.25, 0.3) is 10.9 Å². The van der Waals surface area contributed by atoms with Gasteiger partial charge in [-0.1, -0.05) is 29.8 Å². The predicted molar refractivity (Wildman–Crippen MR) is 93.8 cm³/mol. The molecule has 0 saturated heterocycles. The second-order valence-corrected chi connectivity index (χ2v) is 6.00. The maximum atomic E-state index is 11.2. The quantitative estimate of drug-likeness (QED) is 0.741. The summed E-state index contributed by atoms with van der Waals surface area (Å²) in [5.74, 6) is 0.158. The third kappa shape index (κ3) is 3.09. The van der Waals surface area contributed by atoms with Crippen LogP contribution in [0.2, 0.25) is 5.02 Å². The largest absolute Gasteiger partial charge is 0.480 e. The molecule has 124 valence electrons. The van der Waals surface area contributed by atoms with Crippen molar-refractivity contribution in [3.05, 3.63) is 59.1 Å². The lowest BCUT2D eigenvalue weighted by atomic mass is 10.1. The number of nitrogens with two attached hydrogens (primary N) is 1. The van der Waals surface area contributed by atoms with E-state index in [1.165, 1.54) is 0 Å². The van der Waals surface area contributed by atoms with E-state index in [0.717, 1.165) is 16.5 Å². The maximum absolute atomic E-state index is 11.2. The van der Waals surface area contributed by atoms with Crippen molar-refractivity contribution >= 4 is 28.5 Å². The summed E-state index contributed by atoms with van der Waals surface area (Å²) in [5, 5.41) is 10.7. The molecule has 2 aromatic carbocycles. The van der Waals surface area contributed by atoms with Crippen LogP contribution in [-0.4, -0.2) is 21.7 Å². The molecule has 0 aliphatic heterocycles. The van der Waals surface area contributed by atoms with E-state index < -0.39 is 12.0 Å². The van der Waals surface area contributed by atoms with Crippen molar-refractivity contribution in [1.29, 1.82) is 0 Å². The Morgan fingerprint density at radius 2 is 1.92 bits per heavy atom. The molecule has 0 bridgehead atoms. The summed E-state index contributed by atoms with van der Waals surface area (Å²) >= 11 is 5.90. The number of carboxylic acids is 1. The third-order valence-electron chi connectivity index (χ3n) is 3.92. The first kappa shape index (κ1) is 16.4. The summed E-state index contributed by atoms with van der Waals surface area (Å²) in [4.78, 5) is 11.2. The van der Waals surface area contributed by atoms with Gasteiger partial charge in [0.1, 0.15) is 11.8 Å². The first-order valence-electron chi connectivity index (χ1n) is 7.45. The van der Waals surface area contributed by atoms with Crippen LogP contribution in [0, 0.1) is 0 Å². The van der Waals surface area contributed by atoms with E-state index in [9.17, 15) is 4.79 Å². The van der Waals surface area contributed by atoms with E-state index >= 15 is 0 Å². The van der Waals surface area contributed by atoms with Gasteiger partial charge in [-0.2, -0.15) is 0 Å². The summed E-state index contributed by atoms with van der Waals surface area (Å²) in [6.07, 6.45) is 0.180. The Kier molecular flexibility index (Phi) is 4.46. The molecular weight excluding hydrogens is 328 g/mol. The molecule has 0 fully saturated rings. The summed E-state index contributed by atoms with van der Waals surface area (Å²) in [6.45, 7) is 0. The minimum atomic E-state index is -1.04. The first-order chi connectivity index (χ1) is 11.5. The lowest BCUT2D eigenvalue weighted by molar-refractivity contribution is -0.138. The van der Waals surface area contributed by atoms with E-state index in [1.807, 2.05) is 35.9 Å². The molecule has 0 aliphatic carbocycles. The van der Waals surface area contributed by atoms with E-state index in [2.05, 4.69) is 0 Å². The predicted octanol–water partition coefficient (Wildman–Crippen LogP) is 3.58. The van der Waals surface area contributed by atoms with E-state index in [1.54, 1.807) is 24.3 Å². The van der Waals surface area contributed by atoms with Gasteiger partial charge in [0, 0.05) is 29.4 Å². The summed E-state index contributed by atoms with van der Waals surface area (Å²) in [6, 6.07) is 13.7. The Bertz CT molecular complexity index is 887. The number of para-hydroxylation sites is 1. The number of carbonyl (C=O) groups is 1. The summed E-state index contributed by atoms with van der Waals surface area (Å²) in [5.41, 5.74) is 7.48. The Morgan fingerprint density at radius 3 is 2.58 bits per heavy atom. The van der Waals surface area contributed by atoms with Gasteiger partial charge in [0.2, 0.25) is 5.88 Å². The number of aryl methyl sites for hydroxylation is 1. The lowest BCUT2D eigenvalue weighted by Gasteiger charge is -2.12. The lowest BCUT2D eigenvalue weighted by Crippen LogP contribution is -2.32. The van der Waals surface area contributed by atoms with Crippen molar-refractivity contribution in [2.24, 2.45) is 12.8 Å². The van der Waals surface area contributed by atoms with Gasteiger partial charge in [0.25, 0.3) is 0 Å². The number of aromatic nitrogens is 1. The SMILES string of the molecule is Cn1c(Oc2ccc(Cl)cc2)c(CC(N)C(=O)O)c2ccccc21. The number of fused-ring (bicyclic) bond motifs is 1. The number of aliphatic carboxylic acids is 1. The van der Waals surface area contributed by atoms with Gasteiger partial charge in [-0.25, -0.2) is 0 Å². The van der Waals surface area contributed by atoms with Crippen LogP contribution >= 0.6 is 11.6 Å². The molecule has 5 nitrogen and oxygen atoms in total. The van der Waals surface area contributed by atoms with Crippen LogP contribution in [0.5, 0.6) is 11.6 Å². The Morgan fingerprint density at radius 1 is 1.25 bits per heavy atom. The molecule has 1 heterocycles. The highest BCUT2D eigenvalue weighted by atomic mass is 35.5. The molecule has 0 spiro atoms. The minimum absolute atomic E-state index is 0.180. The van der Waals surface area contributed by atoms with Gasteiger partial charge in [-0.15, -0.1) is 0 Å². The Labute approximate surface area is 144 Å². The highest BCUT2D eigenvalue weighted by Gasteiger charge is 2.22. The van der Waals surface area contributed by atoms with E-state index in [4.69, 9.17) is 27.2 Å². The number of benzene rings is 2. The molecule has 0 aliphatic rings. The zero-order valence-electron chi connectivity index (χ0n) is 13.1. The molecular formula is C18H17ClN2O3. The molecule has 1 atom stereocenters. The van der Waals surface area contributed by atoms with Gasteiger partial charge in [-0.05, 0) is 30.3 Å². The fourth-order valence-electron chi connectivity index (χ4n) is 2.70. The average molecular weight is 345 g/mol. The van der Waals surface area contributed by atoms with Crippen molar-refractivity contribution < 1.29 is 14.6 Å². The number of rotatable bonds is 5. The van der Waals surface area contributed by atoms with Crippen molar-refractivity contribution in [3.8, 4) is 11.6 Å². The number of hydrogen-bond acceptors (Lipinski definition) is 3. The van der Waals surface area contributed by atoms with Crippen molar-refractivity contribution in [3.63, 3.8) is 0 Å². The van der Waals surface area contributed by atoms with Crippen LogP contribution in [-0.2, 0) is 18.3 Å². The minimum Gasteiger partial charge on any atom is -0.480 e. The van der Waals surface area contributed by atoms with E-state index in [0.29, 0.717) is 16.7 Å². The van der Waals surface area contributed by atoms with Gasteiger partial charge in [0.15, 0.2) is 0 Å². The molecule has 3 rings (SSSR count). The van der Waals surface area contributed by atoms with Gasteiger partial charge < -0.3 is 20.1 Å². The number of carboxylic acid groups (broad SMARTS) is 1. The topological polar surface area (TPSA) is 77.5 Å². The van der Waals surface area contributed by atoms with Gasteiger partial charge >= 0.3 is 5.97 Å². The summed E-state index contributed by atoms with van der Waals surface area (Å²) < 4.78 is 7.91. The molecule has 0 saturated carbocycles. The third-order valence-corrected chi connectivity index (χ3v) is 4.17. The van der Waals surface area contributed by atoms with Crippen molar-refractivity contribution in [2.75, 3.05) is 0 Å². The Hall–Kier alpha value is -2.50. The van der Waals surface area contributed by atoms with Gasteiger partial charge in [0.05, 0.1) is 5.52 Å². The zero-order chi connectivity index (χ0) is 17.3. The fraction of sp³-hybridized carbons (Fsp3) is 0.167. The molecule has 6 heteroatoms. The fourth-order valence-corrected chi connectivity index (χ4v) is 2.82. The molecule has 3 aromatic rings. The molecule has 3 N–H and O–H groups in total. The molecule has 24 heavy (non-hydrogen) atoms. The molecule has 0 amide bonds. The number of hydrogen-bond donors (Lipinski definition) is 2. The maximum Gasteiger partial charge on any atom is 0.320 e. The highest BCUT2D eigenvalue weighted by molar-refractivity contribution is 6.30. The molecule has 1 unspecified atom stereocenters. The van der Waals surface area contributed by atoms with Crippen LogP contribution in [0.3, 0.4) is 0 Å². The van der Waals surface area contributed by atoms with Crippen molar-refractivity contribution in [1.82, 2.24) is 4.57 Å². The monoisotopic (exact) mass is 344 g/mol. The standard InChI is InChI=1S/C18H17ClN2O3/c1-21-16-5-3-2-4-13(16)14(10-15(20)18(22)23)17(21)24-12-8-6-11(19)7-9-12/h2-9,15H,10,20H2,1H3,(H,22,23). The number of nitrogens with zero attached hydrogens (tertiary/aromatic N) is 1. The van der Waals surface area contributed by atoms with Crippen LogP contribution in [0.1, 0.15) is 5.56 Å². The zero-order valence-corrected chi connectivity index (χ0v) is 13.8. The van der Waals surface area contributed by atoms with Crippen LogP contribution < -0.4 is 10.5 Å². The van der Waals surface area contributed by atoms with Crippen molar-refractivity contribution in [2.45, 2.75) is 12.5 Å². The van der Waals surface area contributed by atoms with Crippen LogP contribution in [0.15, 0.2) is 48.5 Å². The molecule has 0 radical (unpaired) electrons. The second-order valence-electron chi connectivity index (χ2n) is 5.56. The average Bonchev–Trinajstić information content (AvgIpc) is 2.83. The highest BCUT2D eigenvalue weighted by Crippen LogP contribution is 2.35. The smallest absolute Gasteiger partial charge is 0.320 e. The number of ether oxygens (including phenoxy) is 1.